The Morgan fingerprint density at radius 2 is 2.03 bits per heavy atom. The lowest BCUT2D eigenvalue weighted by Crippen LogP contribution is -2.32. The molecule has 38 heavy (non-hydrogen) atoms. The second kappa shape index (κ2) is 9.10. The number of hydrogen-bond acceptors (Lipinski definition) is 8. The number of pyridine rings is 1. The molecule has 5 aromatic rings. The first kappa shape index (κ1) is 24.4. The summed E-state index contributed by atoms with van der Waals surface area (Å²) in [4.78, 5) is 6.94. The van der Waals surface area contributed by atoms with Crippen LogP contribution in [0.1, 0.15) is 31.3 Å². The van der Waals surface area contributed by atoms with Crippen molar-refractivity contribution < 1.29 is 14.6 Å². The van der Waals surface area contributed by atoms with E-state index in [1.807, 2.05) is 37.7 Å². The highest BCUT2D eigenvalue weighted by Gasteiger charge is 2.25. The lowest BCUT2D eigenvalue weighted by Gasteiger charge is -2.24. The van der Waals surface area contributed by atoms with E-state index in [-0.39, 0.29) is 18.8 Å². The standard InChI is InChI=1S/C27H32N8O3/c1-14(13-36)35-22-12-33(4)11-15(2)38-27-24(16(3)31-34(27)5)20-9-18-21(10-28-20)29-30-25(18)17-7-19(22)26(32-35)23(8-17)37-6/h7-10,14-15,36H,11-13H2,1-6H3,(H,29,30)/t14-,15-/m0/s1. The highest BCUT2D eigenvalue weighted by molar-refractivity contribution is 5.99. The molecule has 2 atom stereocenters. The highest BCUT2D eigenvalue weighted by atomic mass is 16.5. The maximum atomic E-state index is 10.0. The minimum atomic E-state index is -0.200. The zero-order chi connectivity index (χ0) is 26.7. The van der Waals surface area contributed by atoms with Crippen molar-refractivity contribution in [3.05, 3.63) is 35.8 Å². The van der Waals surface area contributed by atoms with Gasteiger partial charge in [0.25, 0.3) is 0 Å². The Labute approximate surface area is 220 Å². The third kappa shape index (κ3) is 3.81. The first-order valence-electron chi connectivity index (χ1n) is 12.7. The number of likely N-dealkylation sites (N-methyl/N-ethyl adjacent to an activating group) is 1. The average molecular weight is 517 g/mol. The number of fused-ring (bicyclic) bond motifs is 5. The molecule has 1 aliphatic heterocycles. The van der Waals surface area contributed by atoms with Gasteiger partial charge in [0.05, 0.1) is 54.1 Å². The van der Waals surface area contributed by atoms with Gasteiger partial charge < -0.3 is 14.6 Å². The number of nitrogens with one attached hydrogen (secondary N) is 1. The molecule has 198 valence electrons. The van der Waals surface area contributed by atoms with Crippen LogP contribution in [0, 0.1) is 6.92 Å². The van der Waals surface area contributed by atoms with Crippen molar-refractivity contribution in [2.45, 2.75) is 39.5 Å². The van der Waals surface area contributed by atoms with Gasteiger partial charge in [0, 0.05) is 36.5 Å². The second-order valence-corrected chi connectivity index (χ2v) is 10.2. The van der Waals surface area contributed by atoms with E-state index >= 15 is 0 Å². The van der Waals surface area contributed by atoms with Gasteiger partial charge in [-0.3, -0.25) is 19.7 Å². The Kier molecular flexibility index (Phi) is 5.84. The first-order chi connectivity index (χ1) is 18.3. The summed E-state index contributed by atoms with van der Waals surface area (Å²) in [5.74, 6) is 1.33. The lowest BCUT2D eigenvalue weighted by molar-refractivity contribution is 0.145. The van der Waals surface area contributed by atoms with Crippen molar-refractivity contribution in [2.24, 2.45) is 7.05 Å². The summed E-state index contributed by atoms with van der Waals surface area (Å²) >= 11 is 0. The fourth-order valence-electron chi connectivity index (χ4n) is 5.44. The maximum Gasteiger partial charge on any atom is 0.221 e. The molecule has 0 saturated heterocycles. The number of hydrogen-bond donors (Lipinski definition) is 2. The maximum absolute atomic E-state index is 10.0. The predicted octanol–water partition coefficient (Wildman–Crippen LogP) is 3.46. The Hall–Kier alpha value is -3.96. The molecule has 0 radical (unpaired) electrons. The molecule has 1 aliphatic rings. The zero-order valence-electron chi connectivity index (χ0n) is 22.5. The second-order valence-electron chi connectivity index (χ2n) is 10.2. The fourth-order valence-corrected chi connectivity index (χ4v) is 5.44. The summed E-state index contributed by atoms with van der Waals surface area (Å²) in [5, 5.41) is 29.2. The van der Waals surface area contributed by atoms with E-state index in [0.29, 0.717) is 24.7 Å². The van der Waals surface area contributed by atoms with Crippen LogP contribution in [0.3, 0.4) is 0 Å². The van der Waals surface area contributed by atoms with Crippen LogP contribution >= 0.6 is 0 Å². The van der Waals surface area contributed by atoms with Gasteiger partial charge in [0.15, 0.2) is 0 Å². The quantitative estimate of drug-likeness (QED) is 0.374. The molecule has 0 fully saturated rings. The molecule has 5 heterocycles. The molecule has 0 saturated carbocycles. The smallest absolute Gasteiger partial charge is 0.221 e. The first-order valence-corrected chi connectivity index (χ1v) is 12.7. The Balaban J connectivity index is 1.66. The summed E-state index contributed by atoms with van der Waals surface area (Å²) in [5.41, 5.74) is 6.75. The normalized spacial score (nSPS) is 17.0. The van der Waals surface area contributed by atoms with Crippen molar-refractivity contribution in [2.75, 3.05) is 27.3 Å². The van der Waals surface area contributed by atoms with Crippen LogP contribution in [0.5, 0.6) is 11.6 Å². The number of H-pyrrole nitrogens is 1. The largest absolute Gasteiger partial charge is 0.494 e. The molecular weight excluding hydrogens is 484 g/mol. The number of rotatable bonds is 3. The number of benzene rings is 1. The molecule has 0 aliphatic carbocycles. The number of ether oxygens (including phenoxy) is 2. The monoisotopic (exact) mass is 516 g/mol. The number of aryl methyl sites for hydroxylation is 2. The SMILES string of the molecule is COc1cc2cc3c(n([C@@H](C)CO)nc13)CN(C)C[C@H](C)Oc1c(c(C)nn1C)-c1cc3c-2n[nH]c3cn1. The van der Waals surface area contributed by atoms with Crippen LogP contribution in [-0.4, -0.2) is 78.2 Å². The number of nitrogens with zero attached hydrogens (tertiary/aromatic N) is 7. The summed E-state index contributed by atoms with van der Waals surface area (Å²) in [6.45, 7) is 7.22. The van der Waals surface area contributed by atoms with E-state index < -0.39 is 0 Å². The summed E-state index contributed by atoms with van der Waals surface area (Å²) in [7, 11) is 5.60. The predicted molar refractivity (Wildman–Crippen MR) is 144 cm³/mol. The van der Waals surface area contributed by atoms with E-state index in [0.717, 1.165) is 55.7 Å². The number of aliphatic hydroxyl groups is 1. The van der Waals surface area contributed by atoms with Gasteiger partial charge in [-0.1, -0.05) is 0 Å². The lowest BCUT2D eigenvalue weighted by atomic mass is 10.0. The van der Waals surface area contributed by atoms with Crippen LogP contribution in [0.4, 0.5) is 0 Å². The molecule has 0 amide bonds. The number of aliphatic hydroxyl groups excluding tert-OH is 1. The molecule has 0 spiro atoms. The third-order valence-electron chi connectivity index (χ3n) is 7.22. The van der Waals surface area contributed by atoms with Gasteiger partial charge in [-0.05, 0) is 46.0 Å². The van der Waals surface area contributed by atoms with E-state index in [9.17, 15) is 5.11 Å². The van der Waals surface area contributed by atoms with Gasteiger partial charge in [0.1, 0.15) is 23.1 Å². The summed E-state index contributed by atoms with van der Waals surface area (Å²) in [6.07, 6.45) is 1.67. The summed E-state index contributed by atoms with van der Waals surface area (Å²) < 4.78 is 16.0. The van der Waals surface area contributed by atoms with Crippen LogP contribution in [0.15, 0.2) is 24.4 Å². The molecule has 4 bridgehead atoms. The van der Waals surface area contributed by atoms with Crippen molar-refractivity contribution in [3.63, 3.8) is 0 Å². The van der Waals surface area contributed by atoms with Crippen molar-refractivity contribution in [3.8, 4) is 34.1 Å². The molecule has 6 rings (SSSR count). The number of aromatic amines is 1. The third-order valence-corrected chi connectivity index (χ3v) is 7.22. The van der Waals surface area contributed by atoms with Crippen LogP contribution in [-0.2, 0) is 13.6 Å². The summed E-state index contributed by atoms with van der Waals surface area (Å²) in [6, 6.07) is 5.92. The Bertz CT molecular complexity index is 1670. The van der Waals surface area contributed by atoms with Gasteiger partial charge in [-0.25, -0.2) is 4.68 Å². The molecule has 11 heteroatoms. The van der Waals surface area contributed by atoms with E-state index in [1.54, 1.807) is 18.0 Å². The molecular formula is C27H32N8O3. The van der Waals surface area contributed by atoms with Gasteiger partial charge in [-0.2, -0.15) is 15.3 Å². The Morgan fingerprint density at radius 1 is 1.21 bits per heavy atom. The van der Waals surface area contributed by atoms with E-state index in [4.69, 9.17) is 19.6 Å². The number of methoxy groups -OCH3 is 1. The van der Waals surface area contributed by atoms with Crippen LogP contribution in [0.25, 0.3) is 44.3 Å². The average Bonchev–Trinajstić information content (AvgIpc) is 3.55. The fraction of sp³-hybridized carbons (Fsp3) is 0.407. The molecule has 4 aromatic heterocycles. The van der Waals surface area contributed by atoms with Gasteiger partial charge in [-0.15, -0.1) is 0 Å². The molecule has 1 aromatic carbocycles. The Morgan fingerprint density at radius 3 is 2.79 bits per heavy atom. The van der Waals surface area contributed by atoms with Crippen LogP contribution < -0.4 is 9.47 Å². The minimum absolute atomic E-state index is 0.0260. The van der Waals surface area contributed by atoms with Gasteiger partial charge in [0.2, 0.25) is 5.88 Å². The van der Waals surface area contributed by atoms with Crippen LogP contribution in [0.2, 0.25) is 0 Å². The van der Waals surface area contributed by atoms with E-state index in [1.165, 1.54) is 0 Å². The minimum Gasteiger partial charge on any atom is -0.494 e. The zero-order valence-corrected chi connectivity index (χ0v) is 22.5. The van der Waals surface area contributed by atoms with E-state index in [2.05, 4.69) is 40.2 Å². The topological polar surface area (TPSA) is 119 Å². The van der Waals surface area contributed by atoms with Crippen molar-refractivity contribution in [1.29, 1.82) is 0 Å². The van der Waals surface area contributed by atoms with Crippen molar-refractivity contribution >= 4 is 21.8 Å². The number of aromatic nitrogens is 7. The van der Waals surface area contributed by atoms with Crippen molar-refractivity contribution in [1.82, 2.24) is 39.6 Å². The molecule has 11 nitrogen and oxygen atoms in total. The van der Waals surface area contributed by atoms with Gasteiger partial charge >= 0.3 is 0 Å². The molecule has 2 N–H and O–H groups in total. The highest BCUT2D eigenvalue weighted by Crippen LogP contribution is 2.39. The molecule has 0 unspecified atom stereocenters.